The lowest BCUT2D eigenvalue weighted by atomic mass is 10.2. The number of rotatable bonds is 7. The van der Waals surface area contributed by atoms with Gasteiger partial charge in [-0.2, -0.15) is 10.1 Å². The molecule has 29 heavy (non-hydrogen) atoms. The van der Waals surface area contributed by atoms with Gasteiger partial charge in [0.2, 0.25) is 11.8 Å². The third-order valence-corrected chi connectivity index (χ3v) is 4.59. The number of hydrogen-bond acceptors (Lipinski definition) is 7. The molecular formula is C21H27N5O3. The summed E-state index contributed by atoms with van der Waals surface area (Å²) in [6.07, 6.45) is 6.28. The molecule has 0 bridgehead atoms. The van der Waals surface area contributed by atoms with Gasteiger partial charge in [0.05, 0.1) is 13.3 Å². The van der Waals surface area contributed by atoms with Crippen LogP contribution in [0.25, 0.3) is 0 Å². The Morgan fingerprint density at radius 1 is 1.21 bits per heavy atom. The molecule has 154 valence electrons. The van der Waals surface area contributed by atoms with Crippen LogP contribution in [0.4, 0.5) is 5.95 Å². The molecule has 3 rings (SSSR count). The molecule has 1 saturated heterocycles. The van der Waals surface area contributed by atoms with Crippen LogP contribution in [0, 0.1) is 6.92 Å². The maximum Gasteiger partial charge on any atom is 0.278 e. The summed E-state index contributed by atoms with van der Waals surface area (Å²) in [7, 11) is 1.59. The van der Waals surface area contributed by atoms with Crippen LogP contribution in [0.1, 0.15) is 36.9 Å². The molecule has 0 unspecified atom stereocenters. The normalized spacial score (nSPS) is 14.5. The Balaban J connectivity index is 1.55. The Morgan fingerprint density at radius 3 is 2.72 bits per heavy atom. The van der Waals surface area contributed by atoms with Crippen LogP contribution in [-0.2, 0) is 4.79 Å². The van der Waals surface area contributed by atoms with Crippen LogP contribution in [0.2, 0.25) is 0 Å². The molecule has 0 aliphatic carbocycles. The molecule has 0 spiro atoms. The third-order valence-electron chi connectivity index (χ3n) is 4.59. The highest BCUT2D eigenvalue weighted by Gasteiger charge is 2.14. The molecule has 1 aromatic heterocycles. The van der Waals surface area contributed by atoms with E-state index in [1.54, 1.807) is 13.2 Å². The highest BCUT2D eigenvalue weighted by atomic mass is 16.5. The van der Waals surface area contributed by atoms with E-state index in [0.717, 1.165) is 37.2 Å². The highest BCUT2D eigenvalue weighted by molar-refractivity contribution is 5.85. The Kier molecular flexibility index (Phi) is 7.38. The summed E-state index contributed by atoms with van der Waals surface area (Å²) >= 11 is 0. The number of benzene rings is 1. The molecule has 0 saturated carbocycles. The van der Waals surface area contributed by atoms with Gasteiger partial charge in [0, 0.05) is 30.4 Å². The summed E-state index contributed by atoms with van der Waals surface area (Å²) in [5, 5.41) is 3.96. The van der Waals surface area contributed by atoms with Crippen LogP contribution < -0.4 is 19.8 Å². The van der Waals surface area contributed by atoms with Gasteiger partial charge in [-0.25, -0.2) is 10.4 Å². The van der Waals surface area contributed by atoms with Crippen molar-refractivity contribution in [3.8, 4) is 11.6 Å². The van der Waals surface area contributed by atoms with E-state index in [1.807, 2.05) is 31.2 Å². The van der Waals surface area contributed by atoms with E-state index in [4.69, 9.17) is 9.47 Å². The first kappa shape index (κ1) is 20.6. The number of aromatic nitrogens is 2. The number of amides is 1. The molecule has 0 atom stereocenters. The van der Waals surface area contributed by atoms with Crippen LogP contribution >= 0.6 is 0 Å². The van der Waals surface area contributed by atoms with Crippen molar-refractivity contribution < 1.29 is 14.3 Å². The molecule has 1 amide bonds. The second kappa shape index (κ2) is 10.4. The van der Waals surface area contributed by atoms with E-state index in [2.05, 4.69) is 25.4 Å². The summed E-state index contributed by atoms with van der Waals surface area (Å²) in [5.74, 6) is 1.36. The summed E-state index contributed by atoms with van der Waals surface area (Å²) in [5.41, 5.74) is 4.03. The predicted octanol–water partition coefficient (Wildman–Crippen LogP) is 2.70. The molecule has 1 fully saturated rings. The van der Waals surface area contributed by atoms with Gasteiger partial charge < -0.3 is 14.4 Å². The van der Waals surface area contributed by atoms with Crippen molar-refractivity contribution in [2.45, 2.75) is 32.6 Å². The third kappa shape index (κ3) is 6.17. The number of anilines is 1. The monoisotopic (exact) mass is 397 g/mol. The van der Waals surface area contributed by atoms with Crippen molar-refractivity contribution in [1.82, 2.24) is 15.4 Å². The van der Waals surface area contributed by atoms with Gasteiger partial charge in [0.25, 0.3) is 5.91 Å². The van der Waals surface area contributed by atoms with Crippen molar-refractivity contribution in [2.24, 2.45) is 5.10 Å². The summed E-state index contributed by atoms with van der Waals surface area (Å²) in [6, 6.07) is 9.14. The van der Waals surface area contributed by atoms with Gasteiger partial charge in [-0.05, 0) is 31.9 Å². The molecule has 1 aliphatic rings. The fourth-order valence-corrected chi connectivity index (χ4v) is 3.13. The van der Waals surface area contributed by atoms with Crippen molar-refractivity contribution in [3.63, 3.8) is 0 Å². The second-order valence-electron chi connectivity index (χ2n) is 6.87. The average molecular weight is 397 g/mol. The van der Waals surface area contributed by atoms with Crippen LogP contribution in [0.5, 0.6) is 11.6 Å². The number of carbonyl (C=O) groups is 1. The minimum absolute atomic E-state index is 0.181. The maximum atomic E-state index is 12.0. The molecular weight excluding hydrogens is 370 g/mol. The van der Waals surface area contributed by atoms with E-state index >= 15 is 0 Å². The summed E-state index contributed by atoms with van der Waals surface area (Å²) < 4.78 is 10.8. The van der Waals surface area contributed by atoms with Gasteiger partial charge in [-0.15, -0.1) is 0 Å². The Labute approximate surface area is 171 Å². The molecule has 1 aliphatic heterocycles. The van der Waals surface area contributed by atoms with Gasteiger partial charge >= 0.3 is 0 Å². The molecule has 2 aromatic rings. The largest absolute Gasteiger partial charge is 0.496 e. The lowest BCUT2D eigenvalue weighted by molar-refractivity contribution is -0.123. The van der Waals surface area contributed by atoms with E-state index in [0.29, 0.717) is 17.6 Å². The number of ether oxygens (including phenoxy) is 2. The zero-order chi connectivity index (χ0) is 20.5. The summed E-state index contributed by atoms with van der Waals surface area (Å²) in [4.78, 5) is 23.2. The summed E-state index contributed by atoms with van der Waals surface area (Å²) in [6.45, 7) is 3.61. The van der Waals surface area contributed by atoms with Gasteiger partial charge in [0.15, 0.2) is 6.61 Å². The molecule has 2 heterocycles. The number of para-hydroxylation sites is 1. The number of hydrogen-bond donors (Lipinski definition) is 1. The molecule has 1 aromatic carbocycles. The zero-order valence-electron chi connectivity index (χ0n) is 16.9. The number of aryl methyl sites for hydroxylation is 1. The highest BCUT2D eigenvalue weighted by Crippen LogP contribution is 2.19. The Hall–Kier alpha value is -3.16. The number of nitrogens with one attached hydrogen (secondary N) is 1. The molecule has 8 heteroatoms. The molecule has 8 nitrogen and oxygen atoms in total. The number of hydrazone groups is 1. The SMILES string of the molecule is COc1ccccc1C=NNC(=O)COc1cc(C)nc(N2CCCCCC2)n1. The van der Waals surface area contributed by atoms with E-state index in [1.165, 1.54) is 19.1 Å². The van der Waals surface area contributed by atoms with Gasteiger partial charge in [-0.3, -0.25) is 4.79 Å². The zero-order valence-corrected chi connectivity index (χ0v) is 16.9. The van der Waals surface area contributed by atoms with Crippen molar-refractivity contribution in [1.29, 1.82) is 0 Å². The Bertz CT molecular complexity index is 848. The van der Waals surface area contributed by atoms with Crippen molar-refractivity contribution >= 4 is 18.1 Å². The lowest BCUT2D eigenvalue weighted by Crippen LogP contribution is -2.27. The van der Waals surface area contributed by atoms with E-state index < -0.39 is 0 Å². The van der Waals surface area contributed by atoms with Gasteiger partial charge in [-0.1, -0.05) is 25.0 Å². The van der Waals surface area contributed by atoms with Crippen molar-refractivity contribution in [3.05, 3.63) is 41.6 Å². The first-order chi connectivity index (χ1) is 14.2. The predicted molar refractivity (Wildman–Crippen MR) is 112 cm³/mol. The van der Waals surface area contributed by atoms with Crippen LogP contribution in [0.3, 0.4) is 0 Å². The fraction of sp³-hybridized carbons (Fsp3) is 0.429. The first-order valence-corrected chi connectivity index (χ1v) is 9.84. The van der Waals surface area contributed by atoms with E-state index in [-0.39, 0.29) is 12.5 Å². The van der Waals surface area contributed by atoms with Crippen LogP contribution in [0.15, 0.2) is 35.4 Å². The molecule has 0 radical (unpaired) electrons. The average Bonchev–Trinajstić information content (AvgIpc) is 3.02. The number of methoxy groups -OCH3 is 1. The van der Waals surface area contributed by atoms with Crippen LogP contribution in [-0.4, -0.2) is 48.9 Å². The number of nitrogens with zero attached hydrogens (tertiary/aromatic N) is 4. The number of carbonyl (C=O) groups excluding carboxylic acids is 1. The first-order valence-electron chi connectivity index (χ1n) is 9.84. The minimum Gasteiger partial charge on any atom is -0.496 e. The quantitative estimate of drug-likeness (QED) is 0.571. The van der Waals surface area contributed by atoms with Crippen molar-refractivity contribution in [2.75, 3.05) is 31.7 Å². The smallest absolute Gasteiger partial charge is 0.278 e. The van der Waals surface area contributed by atoms with E-state index in [9.17, 15) is 4.79 Å². The maximum absolute atomic E-state index is 12.0. The Morgan fingerprint density at radius 2 is 1.97 bits per heavy atom. The fourth-order valence-electron chi connectivity index (χ4n) is 3.13. The lowest BCUT2D eigenvalue weighted by Gasteiger charge is -2.20. The topological polar surface area (TPSA) is 88.9 Å². The standard InChI is InChI=1S/C21H27N5O3/c1-16-13-20(24-21(23-16)26-11-7-3-4-8-12-26)29-15-19(27)25-22-14-17-9-5-6-10-18(17)28-2/h5-6,9-10,13-14H,3-4,7-8,11-12,15H2,1-2H3,(H,25,27). The van der Waals surface area contributed by atoms with Gasteiger partial charge in [0.1, 0.15) is 5.75 Å². The molecule has 1 N–H and O–H groups in total. The minimum atomic E-state index is -0.372. The second-order valence-corrected chi connectivity index (χ2v) is 6.87.